The lowest BCUT2D eigenvalue weighted by Crippen LogP contribution is -2.50. The topological polar surface area (TPSA) is 73.3 Å². The van der Waals surface area contributed by atoms with E-state index >= 15 is 0 Å². The number of rotatable bonds is 7. The van der Waals surface area contributed by atoms with Crippen molar-refractivity contribution in [2.24, 2.45) is 0 Å². The minimum absolute atomic E-state index is 0.254. The summed E-state index contributed by atoms with van der Waals surface area (Å²) in [5.41, 5.74) is 0.821. The Bertz CT molecular complexity index is 671. The molecule has 0 bridgehead atoms. The number of hydrogen-bond donors (Lipinski definition) is 1. The number of nitrogens with zero attached hydrogens (tertiary/aromatic N) is 3. The number of piperidine rings is 1. The normalized spacial score (nSPS) is 19.9. The number of benzene rings is 1. The molecular formula is C21H31N3O4. The molecule has 2 aliphatic heterocycles. The maximum absolute atomic E-state index is 12.3. The summed E-state index contributed by atoms with van der Waals surface area (Å²) in [6.45, 7) is 5.47. The molecule has 1 aromatic rings. The lowest BCUT2D eigenvalue weighted by molar-refractivity contribution is -0.142. The molecular weight excluding hydrogens is 358 g/mol. The van der Waals surface area contributed by atoms with Crippen LogP contribution in [0.3, 0.4) is 0 Å². The maximum atomic E-state index is 12.3. The smallest absolute Gasteiger partial charge is 0.410 e. The second kappa shape index (κ2) is 8.92. The highest BCUT2D eigenvalue weighted by Crippen LogP contribution is 2.33. The summed E-state index contributed by atoms with van der Waals surface area (Å²) < 4.78 is 5.72. The summed E-state index contributed by atoms with van der Waals surface area (Å²) in [7, 11) is 2.07. The molecule has 0 aliphatic carbocycles. The Hall–Kier alpha value is -2.12. The number of likely N-dealkylation sites (tertiary alicyclic amines) is 1. The van der Waals surface area contributed by atoms with Crippen molar-refractivity contribution in [1.82, 2.24) is 14.7 Å². The zero-order valence-corrected chi connectivity index (χ0v) is 16.8. The first kappa shape index (κ1) is 20.6. The average Bonchev–Trinajstić information content (AvgIpc) is 3.00. The number of ether oxygens (including phenoxy) is 1. The van der Waals surface area contributed by atoms with Crippen molar-refractivity contribution >= 4 is 12.0 Å². The van der Waals surface area contributed by atoms with Crippen LogP contribution in [0, 0.1) is 0 Å². The van der Waals surface area contributed by atoms with E-state index < -0.39 is 11.7 Å². The van der Waals surface area contributed by atoms with Crippen molar-refractivity contribution in [3.8, 4) is 0 Å². The third kappa shape index (κ3) is 5.02. The quantitative estimate of drug-likeness (QED) is 0.762. The second-order valence-electron chi connectivity index (χ2n) is 8.01. The number of hydrogen-bond acceptors (Lipinski definition) is 5. The first-order valence-corrected chi connectivity index (χ1v) is 10.1. The molecule has 0 aromatic heterocycles. The fraction of sp³-hybridized carbons (Fsp3) is 0.619. The molecule has 2 heterocycles. The molecule has 2 amide bonds. The van der Waals surface area contributed by atoms with Crippen molar-refractivity contribution in [3.05, 3.63) is 35.9 Å². The van der Waals surface area contributed by atoms with Crippen LogP contribution in [0.25, 0.3) is 0 Å². The van der Waals surface area contributed by atoms with Crippen molar-refractivity contribution in [3.63, 3.8) is 0 Å². The maximum Gasteiger partial charge on any atom is 0.410 e. The van der Waals surface area contributed by atoms with Gasteiger partial charge in [-0.3, -0.25) is 4.79 Å². The molecule has 0 saturated carbocycles. The first-order valence-electron chi connectivity index (χ1n) is 10.1. The number of aliphatic hydroxyl groups excluding tert-OH is 1. The Morgan fingerprint density at radius 2 is 1.93 bits per heavy atom. The highest BCUT2D eigenvalue weighted by Gasteiger charge is 2.47. The van der Waals surface area contributed by atoms with E-state index in [9.17, 15) is 14.7 Å². The molecule has 0 unspecified atom stereocenters. The van der Waals surface area contributed by atoms with Gasteiger partial charge in [0, 0.05) is 45.6 Å². The molecule has 1 aromatic carbocycles. The molecule has 3 rings (SSSR count). The van der Waals surface area contributed by atoms with Gasteiger partial charge in [-0.15, -0.1) is 0 Å². The monoisotopic (exact) mass is 389 g/mol. The Labute approximate surface area is 166 Å². The second-order valence-corrected chi connectivity index (χ2v) is 8.01. The fourth-order valence-electron chi connectivity index (χ4n) is 3.89. The zero-order valence-electron chi connectivity index (χ0n) is 16.8. The van der Waals surface area contributed by atoms with E-state index in [0.29, 0.717) is 39.0 Å². The predicted octanol–water partition coefficient (Wildman–Crippen LogP) is 1.36. The molecule has 154 valence electrons. The summed E-state index contributed by atoms with van der Waals surface area (Å²) in [6, 6.07) is 10.4. The van der Waals surface area contributed by atoms with Gasteiger partial charge in [-0.25, -0.2) is 4.79 Å². The molecule has 7 heteroatoms. The number of likely N-dealkylation sites (N-methyl/N-ethyl adjacent to an activating group) is 1. The van der Waals surface area contributed by atoms with Crippen LogP contribution in [0.1, 0.15) is 25.3 Å². The molecule has 2 saturated heterocycles. The standard InChI is InChI=1S/C21H31N3O4/c1-17(25)19(26)23-12-9-21(10-13-23)16-24(20(27)28-21)15-14-22(2)11-8-18-6-4-3-5-7-18/h3-7,17,25H,8-16H2,1-2H3/t17-/m1/s1. The fourth-order valence-corrected chi connectivity index (χ4v) is 3.89. The van der Waals surface area contributed by atoms with Crippen LogP contribution in [-0.4, -0.2) is 89.8 Å². The SMILES string of the molecule is C[C@@H](O)C(=O)N1CCC2(CC1)CN(CCN(C)CCc1ccccc1)C(=O)O2. The van der Waals surface area contributed by atoms with E-state index in [4.69, 9.17) is 4.74 Å². The number of carbonyl (C=O) groups is 2. The van der Waals surface area contributed by atoms with Gasteiger partial charge in [0.05, 0.1) is 6.54 Å². The van der Waals surface area contributed by atoms with E-state index in [2.05, 4.69) is 36.2 Å². The van der Waals surface area contributed by atoms with Gasteiger partial charge >= 0.3 is 6.09 Å². The summed E-state index contributed by atoms with van der Waals surface area (Å²) >= 11 is 0. The van der Waals surface area contributed by atoms with Gasteiger partial charge in [-0.2, -0.15) is 0 Å². The third-order valence-corrected chi connectivity index (χ3v) is 5.76. The summed E-state index contributed by atoms with van der Waals surface area (Å²) in [5.74, 6) is -0.254. The molecule has 7 nitrogen and oxygen atoms in total. The largest absolute Gasteiger partial charge is 0.441 e. The van der Waals surface area contributed by atoms with Gasteiger partial charge in [0.1, 0.15) is 11.7 Å². The summed E-state index contributed by atoms with van der Waals surface area (Å²) in [4.78, 5) is 29.9. The van der Waals surface area contributed by atoms with Crippen LogP contribution in [0.15, 0.2) is 30.3 Å². The average molecular weight is 389 g/mol. The Balaban J connectivity index is 1.43. The Morgan fingerprint density at radius 3 is 2.57 bits per heavy atom. The Morgan fingerprint density at radius 1 is 1.25 bits per heavy atom. The van der Waals surface area contributed by atoms with Crippen LogP contribution in [-0.2, 0) is 16.0 Å². The Kier molecular flexibility index (Phi) is 6.57. The van der Waals surface area contributed by atoms with Crippen molar-refractivity contribution in [2.45, 2.75) is 37.9 Å². The highest BCUT2D eigenvalue weighted by molar-refractivity contribution is 5.80. The van der Waals surface area contributed by atoms with Gasteiger partial charge in [-0.1, -0.05) is 30.3 Å². The van der Waals surface area contributed by atoms with Gasteiger partial charge in [-0.05, 0) is 26.0 Å². The molecule has 2 fully saturated rings. The van der Waals surface area contributed by atoms with E-state index in [0.717, 1.165) is 19.5 Å². The van der Waals surface area contributed by atoms with E-state index in [1.54, 1.807) is 9.80 Å². The predicted molar refractivity (Wildman–Crippen MR) is 106 cm³/mol. The third-order valence-electron chi connectivity index (χ3n) is 5.76. The molecule has 1 atom stereocenters. The van der Waals surface area contributed by atoms with E-state index in [1.807, 2.05) is 6.07 Å². The van der Waals surface area contributed by atoms with Gasteiger partial charge < -0.3 is 24.5 Å². The molecule has 1 N–H and O–H groups in total. The number of amides is 2. The van der Waals surface area contributed by atoms with Crippen molar-refractivity contribution < 1.29 is 19.4 Å². The number of aliphatic hydroxyl groups is 1. The van der Waals surface area contributed by atoms with E-state index in [1.165, 1.54) is 12.5 Å². The van der Waals surface area contributed by atoms with Crippen molar-refractivity contribution in [1.29, 1.82) is 0 Å². The van der Waals surface area contributed by atoms with E-state index in [-0.39, 0.29) is 12.0 Å². The van der Waals surface area contributed by atoms with Gasteiger partial charge in [0.25, 0.3) is 5.91 Å². The molecule has 2 aliphatic rings. The van der Waals surface area contributed by atoms with Gasteiger partial charge in [0.2, 0.25) is 0 Å². The highest BCUT2D eigenvalue weighted by atomic mass is 16.6. The van der Waals surface area contributed by atoms with Crippen LogP contribution in [0.2, 0.25) is 0 Å². The number of carbonyl (C=O) groups excluding carboxylic acids is 2. The van der Waals surface area contributed by atoms with Crippen LogP contribution in [0.4, 0.5) is 4.79 Å². The minimum atomic E-state index is -0.983. The van der Waals surface area contributed by atoms with Crippen LogP contribution < -0.4 is 0 Å². The minimum Gasteiger partial charge on any atom is -0.441 e. The molecule has 1 spiro atoms. The van der Waals surface area contributed by atoms with Crippen molar-refractivity contribution in [2.75, 3.05) is 46.3 Å². The summed E-state index contributed by atoms with van der Waals surface area (Å²) in [6.07, 6.45) is 0.989. The van der Waals surface area contributed by atoms with Crippen LogP contribution in [0.5, 0.6) is 0 Å². The molecule has 0 radical (unpaired) electrons. The van der Waals surface area contributed by atoms with Crippen LogP contribution >= 0.6 is 0 Å². The zero-order chi connectivity index (χ0) is 20.1. The lowest BCUT2D eigenvalue weighted by atomic mass is 9.91. The lowest BCUT2D eigenvalue weighted by Gasteiger charge is -2.37. The van der Waals surface area contributed by atoms with Gasteiger partial charge in [0.15, 0.2) is 0 Å². The first-order chi connectivity index (χ1) is 13.4. The summed E-state index contributed by atoms with van der Waals surface area (Å²) in [5, 5.41) is 9.46. The molecule has 28 heavy (non-hydrogen) atoms.